The number of furan rings is 1. The number of nitrogens with zero attached hydrogens (tertiary/aromatic N) is 2. The number of nitrogens with one attached hydrogen (secondary N) is 2. The van der Waals surface area contributed by atoms with Crippen molar-refractivity contribution in [3.05, 3.63) is 72.3 Å². The molecule has 6 nitrogen and oxygen atoms in total. The van der Waals surface area contributed by atoms with Crippen molar-refractivity contribution in [1.82, 2.24) is 15.1 Å². The summed E-state index contributed by atoms with van der Waals surface area (Å²) in [5, 5.41) is 10.7. The quantitative estimate of drug-likeness (QED) is 0.667. The Morgan fingerprint density at radius 2 is 1.96 bits per heavy atom. The van der Waals surface area contributed by atoms with Crippen molar-refractivity contribution in [3.8, 4) is 0 Å². The molecule has 6 heteroatoms. The van der Waals surface area contributed by atoms with Gasteiger partial charge in [-0.25, -0.2) is 4.68 Å². The largest absolute Gasteiger partial charge is 0.467 e. The van der Waals surface area contributed by atoms with Gasteiger partial charge in [-0.05, 0) is 30.5 Å². The lowest BCUT2D eigenvalue weighted by Gasteiger charge is -2.18. The van der Waals surface area contributed by atoms with Crippen molar-refractivity contribution in [1.29, 1.82) is 0 Å². The number of carbonyl (C=O) groups is 1. The first-order valence-corrected chi connectivity index (χ1v) is 9.46. The zero-order chi connectivity index (χ0) is 18.5. The second-order valence-corrected chi connectivity index (χ2v) is 6.89. The number of amides is 1. The van der Waals surface area contributed by atoms with Crippen LogP contribution in [0, 0.1) is 0 Å². The maximum absolute atomic E-state index is 12.5. The Morgan fingerprint density at radius 3 is 2.70 bits per heavy atom. The molecule has 4 rings (SSSR count). The number of rotatable bonds is 7. The van der Waals surface area contributed by atoms with E-state index in [1.165, 1.54) is 12.8 Å². The van der Waals surface area contributed by atoms with Gasteiger partial charge >= 0.3 is 0 Å². The van der Waals surface area contributed by atoms with Crippen LogP contribution in [0.5, 0.6) is 0 Å². The standard InChI is InChI=1S/C21H24N4O2/c26-20(24-19-12-13-23-25(19)17-9-4-5-10-17)15-22-21(18-11-6-14-27-18)16-7-2-1-3-8-16/h1-3,6-8,11-14,17,21-22H,4-5,9-10,15H2,(H,24,26)/t21-/m0/s1. The zero-order valence-corrected chi connectivity index (χ0v) is 15.2. The van der Waals surface area contributed by atoms with E-state index in [9.17, 15) is 4.79 Å². The third kappa shape index (κ3) is 4.11. The molecule has 1 atom stereocenters. The summed E-state index contributed by atoms with van der Waals surface area (Å²) in [7, 11) is 0. The van der Waals surface area contributed by atoms with Crippen LogP contribution < -0.4 is 10.6 Å². The molecule has 0 bridgehead atoms. The third-order valence-corrected chi connectivity index (χ3v) is 5.04. The monoisotopic (exact) mass is 364 g/mol. The van der Waals surface area contributed by atoms with Gasteiger partial charge in [0.2, 0.25) is 5.91 Å². The molecule has 0 spiro atoms. The van der Waals surface area contributed by atoms with Gasteiger partial charge in [0.1, 0.15) is 11.6 Å². The molecule has 27 heavy (non-hydrogen) atoms. The third-order valence-electron chi connectivity index (χ3n) is 5.04. The van der Waals surface area contributed by atoms with E-state index in [0.29, 0.717) is 6.04 Å². The van der Waals surface area contributed by atoms with Crippen molar-refractivity contribution in [2.75, 3.05) is 11.9 Å². The Hall–Kier alpha value is -2.86. The molecule has 2 N–H and O–H groups in total. The fraction of sp³-hybridized carbons (Fsp3) is 0.333. The predicted octanol–water partition coefficient (Wildman–Crippen LogP) is 3.91. The van der Waals surface area contributed by atoms with Gasteiger partial charge < -0.3 is 9.73 Å². The van der Waals surface area contributed by atoms with Crippen LogP contribution in [0.25, 0.3) is 0 Å². The van der Waals surface area contributed by atoms with Crippen LogP contribution in [0.3, 0.4) is 0 Å². The van der Waals surface area contributed by atoms with E-state index < -0.39 is 0 Å². The molecule has 1 aliphatic rings. The summed E-state index contributed by atoms with van der Waals surface area (Å²) < 4.78 is 7.52. The molecule has 1 saturated carbocycles. The maximum Gasteiger partial charge on any atom is 0.239 e. The van der Waals surface area contributed by atoms with E-state index in [1.54, 1.807) is 12.5 Å². The summed E-state index contributed by atoms with van der Waals surface area (Å²) in [6.45, 7) is 0.177. The summed E-state index contributed by atoms with van der Waals surface area (Å²) in [4.78, 5) is 12.5. The topological polar surface area (TPSA) is 72.1 Å². The highest BCUT2D eigenvalue weighted by molar-refractivity contribution is 5.91. The Balaban J connectivity index is 1.41. The molecule has 0 radical (unpaired) electrons. The average Bonchev–Trinajstić information content (AvgIpc) is 3.45. The second-order valence-electron chi connectivity index (χ2n) is 6.89. The van der Waals surface area contributed by atoms with Crippen LogP contribution in [0.1, 0.15) is 49.1 Å². The molecular formula is C21H24N4O2. The van der Waals surface area contributed by atoms with Crippen LogP contribution in [0.4, 0.5) is 5.82 Å². The van der Waals surface area contributed by atoms with E-state index in [4.69, 9.17) is 4.42 Å². The van der Waals surface area contributed by atoms with Crippen LogP contribution in [-0.4, -0.2) is 22.2 Å². The summed E-state index contributed by atoms with van der Waals surface area (Å²) >= 11 is 0. The molecule has 1 fully saturated rings. The van der Waals surface area contributed by atoms with E-state index >= 15 is 0 Å². The summed E-state index contributed by atoms with van der Waals surface area (Å²) in [5.41, 5.74) is 1.05. The molecule has 0 saturated heterocycles. The average molecular weight is 364 g/mol. The number of benzene rings is 1. The number of anilines is 1. The van der Waals surface area contributed by atoms with Gasteiger partial charge in [0.05, 0.1) is 31.1 Å². The second kappa shape index (κ2) is 8.22. The smallest absolute Gasteiger partial charge is 0.239 e. The minimum Gasteiger partial charge on any atom is -0.467 e. The van der Waals surface area contributed by atoms with Crippen molar-refractivity contribution in [2.24, 2.45) is 0 Å². The lowest BCUT2D eigenvalue weighted by Crippen LogP contribution is -2.32. The van der Waals surface area contributed by atoms with Crippen molar-refractivity contribution in [3.63, 3.8) is 0 Å². The van der Waals surface area contributed by atoms with Crippen LogP contribution in [0.2, 0.25) is 0 Å². The lowest BCUT2D eigenvalue weighted by molar-refractivity contribution is -0.115. The van der Waals surface area contributed by atoms with Crippen molar-refractivity contribution < 1.29 is 9.21 Å². The first-order valence-electron chi connectivity index (χ1n) is 9.46. The van der Waals surface area contributed by atoms with E-state index in [-0.39, 0.29) is 18.5 Å². The Morgan fingerprint density at radius 1 is 1.15 bits per heavy atom. The molecule has 2 aromatic heterocycles. The molecule has 1 amide bonds. The molecule has 1 aromatic carbocycles. The van der Waals surface area contributed by atoms with Gasteiger partial charge in [0.15, 0.2) is 0 Å². The predicted molar refractivity (Wildman–Crippen MR) is 103 cm³/mol. The van der Waals surface area contributed by atoms with Gasteiger partial charge in [0.25, 0.3) is 0 Å². The summed E-state index contributed by atoms with van der Waals surface area (Å²) in [6, 6.07) is 15.8. The number of aromatic nitrogens is 2. The van der Waals surface area contributed by atoms with Gasteiger partial charge in [-0.3, -0.25) is 10.1 Å². The first-order chi connectivity index (χ1) is 13.3. The molecule has 2 heterocycles. The highest BCUT2D eigenvalue weighted by Crippen LogP contribution is 2.31. The lowest BCUT2D eigenvalue weighted by atomic mass is 10.0. The Kier molecular flexibility index (Phi) is 5.34. The molecule has 1 aliphatic carbocycles. The minimum absolute atomic E-state index is 0.0952. The van der Waals surface area contributed by atoms with E-state index in [1.807, 2.05) is 53.2 Å². The number of hydrogen-bond donors (Lipinski definition) is 2. The van der Waals surface area contributed by atoms with Gasteiger partial charge in [-0.2, -0.15) is 5.10 Å². The molecule has 0 aliphatic heterocycles. The minimum atomic E-state index is -0.174. The summed E-state index contributed by atoms with van der Waals surface area (Å²) in [5.74, 6) is 1.45. The summed E-state index contributed by atoms with van der Waals surface area (Å²) in [6.07, 6.45) is 8.08. The van der Waals surface area contributed by atoms with E-state index in [2.05, 4.69) is 15.7 Å². The zero-order valence-electron chi connectivity index (χ0n) is 15.2. The van der Waals surface area contributed by atoms with Crippen molar-refractivity contribution in [2.45, 2.75) is 37.8 Å². The highest BCUT2D eigenvalue weighted by Gasteiger charge is 2.21. The number of hydrogen-bond acceptors (Lipinski definition) is 4. The van der Waals surface area contributed by atoms with Crippen LogP contribution >= 0.6 is 0 Å². The van der Waals surface area contributed by atoms with Crippen molar-refractivity contribution >= 4 is 11.7 Å². The SMILES string of the molecule is O=C(CN[C@@H](c1ccccc1)c1ccco1)Nc1ccnn1C1CCCC1. The first kappa shape index (κ1) is 17.5. The Labute approximate surface area is 158 Å². The fourth-order valence-electron chi connectivity index (χ4n) is 3.72. The highest BCUT2D eigenvalue weighted by atomic mass is 16.3. The van der Waals surface area contributed by atoms with Gasteiger partial charge in [0, 0.05) is 6.07 Å². The molecular weight excluding hydrogens is 340 g/mol. The number of carbonyl (C=O) groups excluding carboxylic acids is 1. The normalized spacial score (nSPS) is 15.7. The molecule has 3 aromatic rings. The molecule has 0 unspecified atom stereocenters. The molecule has 140 valence electrons. The maximum atomic E-state index is 12.5. The van der Waals surface area contributed by atoms with Gasteiger partial charge in [-0.15, -0.1) is 0 Å². The van der Waals surface area contributed by atoms with Crippen LogP contribution in [0.15, 0.2) is 65.4 Å². The fourth-order valence-corrected chi connectivity index (χ4v) is 3.72. The van der Waals surface area contributed by atoms with Crippen LogP contribution in [-0.2, 0) is 4.79 Å². The van der Waals surface area contributed by atoms with Gasteiger partial charge in [-0.1, -0.05) is 43.2 Å². The van der Waals surface area contributed by atoms with E-state index in [0.717, 1.165) is 30.0 Å². The Bertz CT molecular complexity index is 851.